The van der Waals surface area contributed by atoms with E-state index in [-0.39, 0.29) is 23.7 Å². The summed E-state index contributed by atoms with van der Waals surface area (Å²) in [4.78, 5) is 25.0. The van der Waals surface area contributed by atoms with Gasteiger partial charge in [0, 0.05) is 23.1 Å². The third kappa shape index (κ3) is 4.45. The summed E-state index contributed by atoms with van der Waals surface area (Å²) in [6.45, 7) is 5.66. The number of rotatable bonds is 6. The zero-order chi connectivity index (χ0) is 20.3. The fraction of sp³-hybridized carbons (Fsp3) is 0.250. The molecular formula is C20H21FN4O2S. The van der Waals surface area contributed by atoms with Crippen molar-refractivity contribution in [2.75, 3.05) is 0 Å². The highest BCUT2D eigenvalue weighted by atomic mass is 32.1. The maximum Gasteiger partial charge on any atom is 0.261 e. The first-order valence-corrected chi connectivity index (χ1v) is 9.61. The zero-order valence-electron chi connectivity index (χ0n) is 15.8. The van der Waals surface area contributed by atoms with E-state index in [0.717, 1.165) is 21.8 Å². The average molecular weight is 400 g/mol. The van der Waals surface area contributed by atoms with Crippen LogP contribution in [0, 0.1) is 12.7 Å². The van der Waals surface area contributed by atoms with Crippen LogP contribution in [-0.2, 0) is 11.3 Å². The van der Waals surface area contributed by atoms with E-state index in [1.807, 2.05) is 19.9 Å². The summed E-state index contributed by atoms with van der Waals surface area (Å²) in [7, 11) is 0. The van der Waals surface area contributed by atoms with E-state index in [1.54, 1.807) is 29.1 Å². The smallest absolute Gasteiger partial charge is 0.261 e. The summed E-state index contributed by atoms with van der Waals surface area (Å²) in [6, 6.07) is 9.42. The number of halogens is 1. The minimum atomic E-state index is -0.303. The quantitative estimate of drug-likeness (QED) is 0.665. The van der Waals surface area contributed by atoms with Crippen LogP contribution in [0.15, 0.2) is 42.6 Å². The maximum absolute atomic E-state index is 13.1. The van der Waals surface area contributed by atoms with Gasteiger partial charge in [-0.15, -0.1) is 11.3 Å². The molecule has 1 aromatic carbocycles. The number of carbonyl (C=O) groups excluding carboxylic acids is 2. The van der Waals surface area contributed by atoms with E-state index in [9.17, 15) is 14.0 Å². The van der Waals surface area contributed by atoms with Gasteiger partial charge >= 0.3 is 0 Å². The van der Waals surface area contributed by atoms with E-state index in [1.165, 1.54) is 30.4 Å². The number of aromatic nitrogens is 2. The summed E-state index contributed by atoms with van der Waals surface area (Å²) in [6.07, 6.45) is 1.71. The van der Waals surface area contributed by atoms with Crippen molar-refractivity contribution in [3.8, 4) is 5.69 Å². The molecule has 2 amide bonds. The van der Waals surface area contributed by atoms with Gasteiger partial charge in [0.2, 0.25) is 5.91 Å². The van der Waals surface area contributed by atoms with E-state index in [4.69, 9.17) is 0 Å². The number of nitrogens with zero attached hydrogens (tertiary/aromatic N) is 2. The molecule has 3 rings (SSSR count). The lowest BCUT2D eigenvalue weighted by Crippen LogP contribution is -2.26. The molecule has 0 saturated carbocycles. The van der Waals surface area contributed by atoms with Gasteiger partial charge in [0.05, 0.1) is 29.3 Å². The molecule has 146 valence electrons. The van der Waals surface area contributed by atoms with Crippen LogP contribution in [0.2, 0.25) is 0 Å². The van der Waals surface area contributed by atoms with Gasteiger partial charge in [0.1, 0.15) is 5.82 Å². The van der Waals surface area contributed by atoms with Gasteiger partial charge in [-0.1, -0.05) is 0 Å². The van der Waals surface area contributed by atoms with Gasteiger partial charge in [0.15, 0.2) is 0 Å². The number of hydrogen-bond acceptors (Lipinski definition) is 4. The minimum Gasteiger partial charge on any atom is -0.351 e. The van der Waals surface area contributed by atoms with Crippen LogP contribution in [0.3, 0.4) is 0 Å². The van der Waals surface area contributed by atoms with Gasteiger partial charge in [-0.25, -0.2) is 9.07 Å². The molecule has 1 atom stereocenters. The number of nitrogens with one attached hydrogen (secondary N) is 2. The Morgan fingerprint density at radius 3 is 2.61 bits per heavy atom. The van der Waals surface area contributed by atoms with Gasteiger partial charge in [-0.05, 0) is 50.2 Å². The van der Waals surface area contributed by atoms with Gasteiger partial charge < -0.3 is 10.6 Å². The lowest BCUT2D eigenvalue weighted by atomic mass is 10.1. The monoisotopic (exact) mass is 400 g/mol. The van der Waals surface area contributed by atoms with Crippen molar-refractivity contribution < 1.29 is 14.0 Å². The molecule has 0 fully saturated rings. The first-order chi connectivity index (χ1) is 13.3. The molecule has 0 aliphatic rings. The van der Waals surface area contributed by atoms with Gasteiger partial charge in [-0.2, -0.15) is 5.10 Å². The molecule has 0 aliphatic carbocycles. The van der Waals surface area contributed by atoms with Crippen LogP contribution in [0.25, 0.3) is 5.69 Å². The third-order valence-corrected chi connectivity index (χ3v) is 5.41. The second-order valence-electron chi connectivity index (χ2n) is 6.44. The Morgan fingerprint density at radius 2 is 1.93 bits per heavy atom. The Bertz CT molecular complexity index is 994. The zero-order valence-corrected chi connectivity index (χ0v) is 16.6. The van der Waals surface area contributed by atoms with E-state index < -0.39 is 0 Å². The molecule has 0 bridgehead atoms. The summed E-state index contributed by atoms with van der Waals surface area (Å²) in [5, 5.41) is 10.1. The predicted octanol–water partition coefficient (Wildman–Crippen LogP) is 3.51. The van der Waals surface area contributed by atoms with Crippen molar-refractivity contribution in [1.82, 2.24) is 20.4 Å². The largest absolute Gasteiger partial charge is 0.351 e. The second-order valence-corrected chi connectivity index (χ2v) is 7.61. The Kier molecular flexibility index (Phi) is 5.89. The van der Waals surface area contributed by atoms with E-state index in [0.29, 0.717) is 11.4 Å². The first kappa shape index (κ1) is 19.8. The summed E-state index contributed by atoms with van der Waals surface area (Å²) < 4.78 is 14.9. The van der Waals surface area contributed by atoms with Crippen molar-refractivity contribution in [2.45, 2.75) is 33.4 Å². The Morgan fingerprint density at radius 1 is 1.21 bits per heavy atom. The summed E-state index contributed by atoms with van der Waals surface area (Å²) >= 11 is 1.34. The van der Waals surface area contributed by atoms with Crippen molar-refractivity contribution >= 4 is 23.2 Å². The highest BCUT2D eigenvalue weighted by molar-refractivity contribution is 7.14. The SMILES string of the molecule is CC(=O)NCc1ccc(C(=O)NC(C)c2cnn(-c3ccc(F)cc3)c2C)s1. The molecule has 8 heteroatoms. The minimum absolute atomic E-state index is 0.110. The fourth-order valence-electron chi connectivity index (χ4n) is 2.84. The molecule has 0 spiro atoms. The van der Waals surface area contributed by atoms with Crippen LogP contribution >= 0.6 is 11.3 Å². The van der Waals surface area contributed by atoms with E-state index in [2.05, 4.69) is 15.7 Å². The maximum atomic E-state index is 13.1. The lowest BCUT2D eigenvalue weighted by molar-refractivity contribution is -0.119. The van der Waals surface area contributed by atoms with E-state index >= 15 is 0 Å². The number of hydrogen-bond donors (Lipinski definition) is 2. The summed E-state index contributed by atoms with van der Waals surface area (Å²) in [5.41, 5.74) is 2.51. The van der Waals surface area contributed by atoms with Crippen LogP contribution in [0.5, 0.6) is 0 Å². The summed E-state index contributed by atoms with van der Waals surface area (Å²) in [5.74, 6) is -0.592. The van der Waals surface area contributed by atoms with Crippen LogP contribution in [-0.4, -0.2) is 21.6 Å². The highest BCUT2D eigenvalue weighted by Crippen LogP contribution is 2.22. The molecule has 2 N–H and O–H groups in total. The molecule has 0 radical (unpaired) electrons. The van der Waals surface area contributed by atoms with Crippen molar-refractivity contribution in [1.29, 1.82) is 0 Å². The highest BCUT2D eigenvalue weighted by Gasteiger charge is 2.18. The normalized spacial score (nSPS) is 11.9. The topological polar surface area (TPSA) is 76.0 Å². The molecule has 28 heavy (non-hydrogen) atoms. The molecule has 6 nitrogen and oxygen atoms in total. The molecule has 2 aromatic heterocycles. The van der Waals surface area contributed by atoms with Gasteiger partial charge in [0.25, 0.3) is 5.91 Å². The van der Waals surface area contributed by atoms with Crippen LogP contribution in [0.4, 0.5) is 4.39 Å². The molecule has 3 aromatic rings. The molecular weight excluding hydrogens is 379 g/mol. The molecule has 0 saturated heterocycles. The fourth-order valence-corrected chi connectivity index (χ4v) is 3.69. The van der Waals surface area contributed by atoms with Crippen molar-refractivity contribution in [3.63, 3.8) is 0 Å². The van der Waals surface area contributed by atoms with Crippen LogP contribution in [0.1, 0.15) is 45.7 Å². The second kappa shape index (κ2) is 8.35. The number of thiophene rings is 1. The first-order valence-electron chi connectivity index (χ1n) is 8.79. The number of amides is 2. The Balaban J connectivity index is 1.69. The predicted molar refractivity (Wildman–Crippen MR) is 106 cm³/mol. The van der Waals surface area contributed by atoms with Crippen molar-refractivity contribution in [2.24, 2.45) is 0 Å². The van der Waals surface area contributed by atoms with Crippen LogP contribution < -0.4 is 10.6 Å². The lowest BCUT2D eigenvalue weighted by Gasteiger charge is -2.13. The molecule has 1 unspecified atom stereocenters. The molecule has 0 aliphatic heterocycles. The molecule has 2 heterocycles. The average Bonchev–Trinajstić information content (AvgIpc) is 3.27. The number of carbonyl (C=O) groups is 2. The Hall–Kier alpha value is -3.00. The third-order valence-electron chi connectivity index (χ3n) is 4.33. The number of benzene rings is 1. The standard InChI is InChI=1S/C20H21FN4O2S/c1-12(24-20(27)19-9-8-17(28-19)10-22-14(3)26)18-11-23-25(13(18)2)16-6-4-15(21)5-7-16/h4-9,11-12H,10H2,1-3H3,(H,22,26)(H,24,27). The van der Waals surface area contributed by atoms with Gasteiger partial charge in [-0.3, -0.25) is 9.59 Å². The van der Waals surface area contributed by atoms with Crippen molar-refractivity contribution in [3.05, 3.63) is 69.4 Å². The Labute approximate surface area is 166 Å².